The van der Waals surface area contributed by atoms with Gasteiger partial charge in [0.25, 0.3) is 15.9 Å². The van der Waals surface area contributed by atoms with E-state index in [1.165, 1.54) is 24.3 Å². The number of sulfonamides is 1. The molecule has 3 N–H and O–H groups in total. The molecule has 0 aliphatic rings. The second kappa shape index (κ2) is 9.42. The molecular weight excluding hydrogens is 480 g/mol. The predicted molar refractivity (Wildman–Crippen MR) is 135 cm³/mol. The maximum atomic E-state index is 13.2. The van der Waals surface area contributed by atoms with Crippen molar-refractivity contribution in [3.05, 3.63) is 76.5 Å². The van der Waals surface area contributed by atoms with Gasteiger partial charge >= 0.3 is 0 Å². The molecule has 0 atom stereocenters. The van der Waals surface area contributed by atoms with Crippen LogP contribution < -0.4 is 15.2 Å². The van der Waals surface area contributed by atoms with Gasteiger partial charge in [0.2, 0.25) is 5.88 Å². The van der Waals surface area contributed by atoms with E-state index < -0.39 is 15.9 Å². The van der Waals surface area contributed by atoms with E-state index in [1.54, 1.807) is 17.8 Å². The summed E-state index contributed by atoms with van der Waals surface area (Å²) in [6.45, 7) is 7.61. The number of carbonyl (C=O) groups excluding carboxylic acids is 1. The Morgan fingerprint density at radius 1 is 1.00 bits per heavy atom. The maximum Gasteiger partial charge on any atom is 0.281 e. The molecule has 4 rings (SSSR count). The average molecular weight is 507 g/mol. The first kappa shape index (κ1) is 24.9. The molecule has 0 bridgehead atoms. The molecule has 186 valence electrons. The highest BCUT2D eigenvalue weighted by molar-refractivity contribution is 7.90. The highest BCUT2D eigenvalue weighted by Crippen LogP contribution is 2.32. The Morgan fingerprint density at radius 2 is 1.69 bits per heavy atom. The van der Waals surface area contributed by atoms with Gasteiger partial charge in [-0.3, -0.25) is 9.48 Å². The lowest BCUT2D eigenvalue weighted by Gasteiger charge is -2.16. The number of ether oxygens (including phenoxy) is 1. The van der Waals surface area contributed by atoms with Crippen LogP contribution in [0.4, 0.5) is 5.82 Å². The number of aromatic nitrogens is 4. The van der Waals surface area contributed by atoms with Gasteiger partial charge in [-0.25, -0.2) is 14.7 Å². The number of hydrogen-bond donors (Lipinski definition) is 2. The molecular formula is C25H26N6O4S. The van der Waals surface area contributed by atoms with Gasteiger partial charge in [0.05, 0.1) is 17.1 Å². The molecule has 36 heavy (non-hydrogen) atoms. The van der Waals surface area contributed by atoms with Crippen LogP contribution in [0, 0.1) is 27.7 Å². The first-order chi connectivity index (χ1) is 16.9. The SMILES string of the molecule is Cc1cc(C)c(Oc2nc(-c3cc(C)nn3C)ccc2C(=O)NS(=O)(=O)c2cccc(N)n2)c(C)c1. The van der Waals surface area contributed by atoms with Crippen LogP contribution in [0.1, 0.15) is 32.7 Å². The summed E-state index contributed by atoms with van der Waals surface area (Å²) >= 11 is 0. The fourth-order valence-electron chi connectivity index (χ4n) is 3.92. The molecule has 10 nitrogen and oxygen atoms in total. The molecule has 0 aliphatic carbocycles. The Hall–Kier alpha value is -4.25. The number of nitrogens with two attached hydrogens (primary N) is 1. The second-order valence-electron chi connectivity index (χ2n) is 8.51. The summed E-state index contributed by atoms with van der Waals surface area (Å²) in [5.74, 6) is -0.426. The van der Waals surface area contributed by atoms with Crippen LogP contribution >= 0.6 is 0 Å². The number of nitrogen functional groups attached to an aromatic ring is 1. The first-order valence-corrected chi connectivity index (χ1v) is 12.5. The summed E-state index contributed by atoms with van der Waals surface area (Å²) in [5.41, 5.74) is 10.3. The van der Waals surface area contributed by atoms with Gasteiger partial charge in [0.15, 0.2) is 5.03 Å². The van der Waals surface area contributed by atoms with Crippen LogP contribution in [-0.2, 0) is 17.1 Å². The van der Waals surface area contributed by atoms with Gasteiger partial charge in [0, 0.05) is 7.05 Å². The number of benzene rings is 1. The summed E-state index contributed by atoms with van der Waals surface area (Å²) < 4.78 is 35.5. The van der Waals surface area contributed by atoms with Crippen molar-refractivity contribution in [3.63, 3.8) is 0 Å². The predicted octanol–water partition coefficient (Wildman–Crippen LogP) is 3.60. The number of hydrogen-bond acceptors (Lipinski definition) is 8. The van der Waals surface area contributed by atoms with Crippen LogP contribution in [0.2, 0.25) is 0 Å². The number of aryl methyl sites for hydroxylation is 5. The Labute approximate surface area is 209 Å². The van der Waals surface area contributed by atoms with E-state index in [0.29, 0.717) is 17.1 Å². The van der Waals surface area contributed by atoms with Crippen LogP contribution in [0.5, 0.6) is 11.6 Å². The van der Waals surface area contributed by atoms with E-state index in [-0.39, 0.29) is 22.3 Å². The molecule has 11 heteroatoms. The van der Waals surface area contributed by atoms with Gasteiger partial charge in [-0.05, 0) is 69.2 Å². The molecule has 1 amide bonds. The van der Waals surface area contributed by atoms with E-state index in [9.17, 15) is 13.2 Å². The Morgan fingerprint density at radius 3 is 2.31 bits per heavy atom. The largest absolute Gasteiger partial charge is 0.438 e. The second-order valence-corrected chi connectivity index (χ2v) is 10.1. The Bertz CT molecular complexity index is 1570. The van der Waals surface area contributed by atoms with Crippen LogP contribution in [0.3, 0.4) is 0 Å². The third kappa shape index (κ3) is 5.05. The number of carbonyl (C=O) groups is 1. The minimum absolute atomic E-state index is 0.0113. The third-order valence-corrected chi connectivity index (χ3v) is 6.65. The third-order valence-electron chi connectivity index (χ3n) is 5.42. The molecule has 1 aromatic carbocycles. The number of nitrogens with zero attached hydrogens (tertiary/aromatic N) is 4. The van der Waals surface area contributed by atoms with Gasteiger partial charge in [-0.2, -0.15) is 13.5 Å². The number of nitrogens with one attached hydrogen (secondary N) is 1. The highest BCUT2D eigenvalue weighted by Gasteiger charge is 2.25. The van der Waals surface area contributed by atoms with Crippen molar-refractivity contribution in [1.82, 2.24) is 24.5 Å². The molecule has 3 aromatic heterocycles. The Balaban J connectivity index is 1.79. The summed E-state index contributed by atoms with van der Waals surface area (Å²) in [6.07, 6.45) is 0. The number of amides is 1. The maximum absolute atomic E-state index is 13.2. The van der Waals surface area contributed by atoms with E-state index in [0.717, 1.165) is 22.4 Å². The fourth-order valence-corrected chi connectivity index (χ4v) is 4.86. The standard InChI is InChI=1S/C25H26N6O4S/c1-14-11-15(2)23(16(3)12-14)35-25-18(9-10-19(27-25)20-13-17(4)29-31(20)5)24(32)30-36(33,34)22-8-6-7-21(26)28-22/h6-13H,1-5H3,(H2,26,28)(H,30,32). The zero-order valence-electron chi connectivity index (χ0n) is 20.5. The zero-order valence-corrected chi connectivity index (χ0v) is 21.3. The highest BCUT2D eigenvalue weighted by atomic mass is 32.2. The van der Waals surface area contributed by atoms with Crippen molar-refractivity contribution in [2.24, 2.45) is 7.05 Å². The van der Waals surface area contributed by atoms with Crippen molar-refractivity contribution in [2.45, 2.75) is 32.7 Å². The zero-order chi connectivity index (χ0) is 26.2. The lowest BCUT2D eigenvalue weighted by Crippen LogP contribution is -2.31. The van der Waals surface area contributed by atoms with E-state index >= 15 is 0 Å². The first-order valence-electron chi connectivity index (χ1n) is 11.0. The smallest absolute Gasteiger partial charge is 0.281 e. The number of pyridine rings is 2. The molecule has 0 spiro atoms. The van der Waals surface area contributed by atoms with Gasteiger partial charge in [-0.1, -0.05) is 23.8 Å². The molecule has 0 saturated carbocycles. The summed E-state index contributed by atoms with van der Waals surface area (Å²) in [4.78, 5) is 21.6. The van der Waals surface area contributed by atoms with Crippen LogP contribution in [0.15, 0.2) is 53.6 Å². The quantitative estimate of drug-likeness (QED) is 0.404. The minimum Gasteiger partial charge on any atom is -0.438 e. The van der Waals surface area contributed by atoms with Crippen molar-refractivity contribution >= 4 is 21.7 Å². The van der Waals surface area contributed by atoms with Crippen molar-refractivity contribution in [2.75, 3.05) is 5.73 Å². The van der Waals surface area contributed by atoms with Gasteiger partial charge in [0.1, 0.15) is 17.1 Å². The van der Waals surface area contributed by atoms with E-state index in [1.807, 2.05) is 50.6 Å². The minimum atomic E-state index is -4.30. The number of rotatable bonds is 6. The molecule has 0 unspecified atom stereocenters. The van der Waals surface area contributed by atoms with Crippen LogP contribution in [0.25, 0.3) is 11.4 Å². The monoisotopic (exact) mass is 506 g/mol. The average Bonchev–Trinajstić information content (AvgIpc) is 3.13. The molecule has 4 aromatic rings. The molecule has 0 radical (unpaired) electrons. The van der Waals surface area contributed by atoms with Crippen molar-refractivity contribution in [3.8, 4) is 23.0 Å². The lowest BCUT2D eigenvalue weighted by atomic mass is 10.1. The Kier molecular flexibility index (Phi) is 6.51. The van der Waals surface area contributed by atoms with Gasteiger partial charge in [-0.15, -0.1) is 0 Å². The molecule has 0 aliphatic heterocycles. The van der Waals surface area contributed by atoms with Gasteiger partial charge < -0.3 is 10.5 Å². The summed E-state index contributed by atoms with van der Waals surface area (Å²) in [6, 6.07) is 13.0. The molecule has 3 heterocycles. The molecule has 0 saturated heterocycles. The number of anilines is 1. The summed E-state index contributed by atoms with van der Waals surface area (Å²) in [5, 5.41) is 3.97. The van der Waals surface area contributed by atoms with Crippen molar-refractivity contribution in [1.29, 1.82) is 0 Å². The van der Waals surface area contributed by atoms with E-state index in [2.05, 4.69) is 15.1 Å². The lowest BCUT2D eigenvalue weighted by molar-refractivity contribution is 0.0978. The normalized spacial score (nSPS) is 11.4. The topological polar surface area (TPSA) is 142 Å². The van der Waals surface area contributed by atoms with Crippen LogP contribution in [-0.4, -0.2) is 34.1 Å². The molecule has 0 fully saturated rings. The summed E-state index contributed by atoms with van der Waals surface area (Å²) in [7, 11) is -2.51. The van der Waals surface area contributed by atoms with E-state index in [4.69, 9.17) is 10.5 Å². The fraction of sp³-hybridized carbons (Fsp3) is 0.200. The van der Waals surface area contributed by atoms with Crippen molar-refractivity contribution < 1.29 is 17.9 Å².